The maximum atomic E-state index is 12.4. The predicted octanol–water partition coefficient (Wildman–Crippen LogP) is 5.08. The molecule has 0 aliphatic carbocycles. The highest BCUT2D eigenvalue weighted by Crippen LogP contribution is 2.39. The van der Waals surface area contributed by atoms with Gasteiger partial charge >= 0.3 is 0 Å². The van der Waals surface area contributed by atoms with Crippen molar-refractivity contribution in [2.24, 2.45) is 0 Å². The first-order chi connectivity index (χ1) is 11.8. The smallest absolute Gasteiger partial charge is 0.244 e. The normalized spacial score (nSPS) is 18.5. The van der Waals surface area contributed by atoms with Crippen molar-refractivity contribution in [2.75, 3.05) is 0 Å². The minimum Gasteiger partial charge on any atom is -0.487 e. The molecule has 1 atom stereocenters. The molecule has 1 N–H and O–H groups in total. The second-order valence-electron chi connectivity index (χ2n) is 7.05. The summed E-state index contributed by atoms with van der Waals surface area (Å²) in [7, 11) is 0. The second kappa shape index (κ2) is 6.93. The van der Waals surface area contributed by atoms with E-state index in [4.69, 9.17) is 16.3 Å². The van der Waals surface area contributed by atoms with Crippen molar-refractivity contribution in [3.05, 3.63) is 70.3 Å². The maximum absolute atomic E-state index is 12.4. The van der Waals surface area contributed by atoms with Gasteiger partial charge in [0.05, 0.1) is 6.04 Å². The van der Waals surface area contributed by atoms with Gasteiger partial charge in [-0.05, 0) is 56.2 Å². The average molecular weight is 356 g/mol. The summed E-state index contributed by atoms with van der Waals surface area (Å²) in [4.78, 5) is 12.4. The Hall–Kier alpha value is -2.26. The summed E-state index contributed by atoms with van der Waals surface area (Å²) < 4.78 is 6.07. The molecule has 0 unspecified atom stereocenters. The van der Waals surface area contributed by atoms with Crippen molar-refractivity contribution in [1.82, 2.24) is 5.32 Å². The van der Waals surface area contributed by atoms with E-state index < -0.39 is 0 Å². The van der Waals surface area contributed by atoms with Crippen LogP contribution >= 0.6 is 11.6 Å². The number of nitrogens with one attached hydrogen (secondary N) is 1. The van der Waals surface area contributed by atoms with Gasteiger partial charge in [0.1, 0.15) is 11.4 Å². The summed E-state index contributed by atoms with van der Waals surface area (Å²) in [6.07, 6.45) is 4.06. The topological polar surface area (TPSA) is 38.3 Å². The standard InChI is InChI=1S/C21H22ClNO2/c1-14-4-10-17-18(13-21(2,3)25-19(17)12-14)23-20(24)11-7-15-5-8-16(22)9-6-15/h4-12,18H,13H2,1-3H3,(H,23,24)/b11-7+/t18-/m0/s1. The molecule has 0 fully saturated rings. The summed E-state index contributed by atoms with van der Waals surface area (Å²) in [6.45, 7) is 6.12. The van der Waals surface area contributed by atoms with Crippen LogP contribution in [0.5, 0.6) is 5.75 Å². The molecule has 0 saturated heterocycles. The van der Waals surface area contributed by atoms with Crippen LogP contribution in [0.1, 0.15) is 43.0 Å². The fourth-order valence-corrected chi connectivity index (χ4v) is 3.18. The van der Waals surface area contributed by atoms with E-state index in [0.717, 1.165) is 28.9 Å². The van der Waals surface area contributed by atoms with Crippen LogP contribution in [0.2, 0.25) is 5.02 Å². The Morgan fingerprint density at radius 2 is 1.96 bits per heavy atom. The number of carbonyl (C=O) groups excluding carboxylic acids is 1. The second-order valence-corrected chi connectivity index (χ2v) is 7.49. The number of rotatable bonds is 3. The monoisotopic (exact) mass is 355 g/mol. The van der Waals surface area contributed by atoms with Gasteiger partial charge in [-0.2, -0.15) is 0 Å². The molecule has 4 heteroatoms. The number of halogens is 1. The van der Waals surface area contributed by atoms with Gasteiger partial charge in [0.2, 0.25) is 5.91 Å². The van der Waals surface area contributed by atoms with Crippen molar-refractivity contribution in [3.8, 4) is 5.75 Å². The SMILES string of the molecule is Cc1ccc2c(c1)OC(C)(C)C[C@@H]2NC(=O)/C=C/c1ccc(Cl)cc1. The Kier molecular flexibility index (Phi) is 4.87. The van der Waals surface area contributed by atoms with Gasteiger partial charge in [-0.3, -0.25) is 4.79 Å². The average Bonchev–Trinajstić information content (AvgIpc) is 2.52. The highest BCUT2D eigenvalue weighted by Gasteiger charge is 2.34. The highest BCUT2D eigenvalue weighted by atomic mass is 35.5. The van der Waals surface area contributed by atoms with Gasteiger partial charge in [0, 0.05) is 23.1 Å². The van der Waals surface area contributed by atoms with E-state index in [1.54, 1.807) is 24.3 Å². The van der Waals surface area contributed by atoms with Gasteiger partial charge in [-0.1, -0.05) is 35.9 Å². The summed E-state index contributed by atoms with van der Waals surface area (Å²) >= 11 is 5.87. The van der Waals surface area contributed by atoms with Crippen LogP contribution in [0.3, 0.4) is 0 Å². The lowest BCUT2D eigenvalue weighted by atomic mass is 9.89. The zero-order valence-electron chi connectivity index (χ0n) is 14.7. The highest BCUT2D eigenvalue weighted by molar-refractivity contribution is 6.30. The number of benzene rings is 2. The van der Waals surface area contributed by atoms with Crippen molar-refractivity contribution >= 4 is 23.6 Å². The number of aryl methyl sites for hydroxylation is 1. The fraction of sp³-hybridized carbons (Fsp3) is 0.286. The van der Waals surface area contributed by atoms with Crippen molar-refractivity contribution in [2.45, 2.75) is 38.8 Å². The Balaban J connectivity index is 1.75. The zero-order chi connectivity index (χ0) is 18.0. The molecule has 3 nitrogen and oxygen atoms in total. The van der Waals surface area contributed by atoms with E-state index in [1.807, 2.05) is 51.1 Å². The lowest BCUT2D eigenvalue weighted by Gasteiger charge is -2.38. The first-order valence-corrected chi connectivity index (χ1v) is 8.74. The zero-order valence-corrected chi connectivity index (χ0v) is 15.4. The molecule has 0 aromatic heterocycles. The third kappa shape index (κ3) is 4.43. The van der Waals surface area contributed by atoms with E-state index in [-0.39, 0.29) is 17.6 Å². The van der Waals surface area contributed by atoms with Crippen LogP contribution in [0.4, 0.5) is 0 Å². The summed E-state index contributed by atoms with van der Waals surface area (Å²) in [5, 5.41) is 3.78. The van der Waals surface area contributed by atoms with E-state index in [1.165, 1.54) is 0 Å². The molecular formula is C21H22ClNO2. The number of amides is 1. The van der Waals surface area contributed by atoms with Crippen LogP contribution in [-0.2, 0) is 4.79 Å². The number of hydrogen-bond acceptors (Lipinski definition) is 2. The van der Waals surface area contributed by atoms with Crippen LogP contribution in [0.25, 0.3) is 6.08 Å². The molecule has 1 amide bonds. The summed E-state index contributed by atoms with van der Waals surface area (Å²) in [6, 6.07) is 13.4. The third-order valence-corrected chi connectivity index (χ3v) is 4.49. The van der Waals surface area contributed by atoms with E-state index in [0.29, 0.717) is 5.02 Å². The Bertz CT molecular complexity index is 809. The molecular weight excluding hydrogens is 334 g/mol. The minimum absolute atomic E-state index is 0.0679. The molecule has 2 aromatic carbocycles. The Labute approximate surface area is 153 Å². The number of hydrogen-bond donors (Lipinski definition) is 1. The van der Waals surface area contributed by atoms with E-state index in [2.05, 4.69) is 5.32 Å². The molecule has 25 heavy (non-hydrogen) atoms. The van der Waals surface area contributed by atoms with Crippen LogP contribution in [0, 0.1) is 6.92 Å². The van der Waals surface area contributed by atoms with Crippen LogP contribution in [-0.4, -0.2) is 11.5 Å². The molecule has 1 heterocycles. The lowest BCUT2D eigenvalue weighted by Crippen LogP contribution is -2.40. The molecule has 3 rings (SSSR count). The molecule has 0 saturated carbocycles. The first kappa shape index (κ1) is 17.6. The van der Waals surface area contributed by atoms with Gasteiger partial charge in [-0.15, -0.1) is 0 Å². The Morgan fingerprint density at radius 3 is 2.68 bits per heavy atom. The number of fused-ring (bicyclic) bond motifs is 1. The van der Waals surface area contributed by atoms with E-state index in [9.17, 15) is 4.79 Å². The quantitative estimate of drug-likeness (QED) is 0.779. The lowest BCUT2D eigenvalue weighted by molar-refractivity contribution is -0.117. The van der Waals surface area contributed by atoms with Crippen molar-refractivity contribution < 1.29 is 9.53 Å². The molecule has 130 valence electrons. The number of ether oxygens (including phenoxy) is 1. The van der Waals surface area contributed by atoms with E-state index >= 15 is 0 Å². The van der Waals surface area contributed by atoms with Gasteiger partial charge < -0.3 is 10.1 Å². The third-order valence-electron chi connectivity index (χ3n) is 4.24. The molecule has 0 bridgehead atoms. The van der Waals surface area contributed by atoms with Gasteiger partial charge in [0.15, 0.2) is 0 Å². The summed E-state index contributed by atoms with van der Waals surface area (Å²) in [5.41, 5.74) is 2.78. The first-order valence-electron chi connectivity index (χ1n) is 8.36. The van der Waals surface area contributed by atoms with Crippen LogP contribution < -0.4 is 10.1 Å². The molecule has 1 aliphatic rings. The number of carbonyl (C=O) groups is 1. The maximum Gasteiger partial charge on any atom is 0.244 e. The van der Waals surface area contributed by atoms with Crippen LogP contribution in [0.15, 0.2) is 48.5 Å². The van der Waals surface area contributed by atoms with Gasteiger partial charge in [-0.25, -0.2) is 0 Å². The Morgan fingerprint density at radius 1 is 1.24 bits per heavy atom. The van der Waals surface area contributed by atoms with Crippen molar-refractivity contribution in [1.29, 1.82) is 0 Å². The molecule has 2 aromatic rings. The molecule has 0 spiro atoms. The molecule has 1 aliphatic heterocycles. The minimum atomic E-state index is -0.321. The fourth-order valence-electron chi connectivity index (χ4n) is 3.05. The van der Waals surface area contributed by atoms with Gasteiger partial charge in [0.25, 0.3) is 0 Å². The largest absolute Gasteiger partial charge is 0.487 e. The van der Waals surface area contributed by atoms with Crippen molar-refractivity contribution in [3.63, 3.8) is 0 Å². The summed E-state index contributed by atoms with van der Waals surface area (Å²) in [5.74, 6) is 0.729. The molecule has 0 radical (unpaired) electrons. The predicted molar refractivity (Wildman–Crippen MR) is 102 cm³/mol.